The third kappa shape index (κ3) is 2.55. The molecule has 1 atom stereocenters. The van der Waals surface area contributed by atoms with E-state index >= 15 is 0 Å². The van der Waals surface area contributed by atoms with E-state index in [0.29, 0.717) is 0 Å². The molecular formula is C12H15FO4. The zero-order valence-corrected chi connectivity index (χ0v) is 9.90. The lowest BCUT2D eigenvalue weighted by Crippen LogP contribution is -2.41. The van der Waals surface area contributed by atoms with Crippen molar-refractivity contribution < 1.29 is 24.1 Å². The van der Waals surface area contributed by atoms with E-state index in [1.165, 1.54) is 26.0 Å². The van der Waals surface area contributed by atoms with Gasteiger partial charge in [-0.15, -0.1) is 0 Å². The highest BCUT2D eigenvalue weighted by atomic mass is 19.1. The van der Waals surface area contributed by atoms with Crippen molar-refractivity contribution in [2.24, 2.45) is 0 Å². The lowest BCUT2D eigenvalue weighted by molar-refractivity contribution is -0.153. The number of hydrogen-bond donors (Lipinski definition) is 2. The van der Waals surface area contributed by atoms with Crippen LogP contribution in [0.1, 0.15) is 19.4 Å². The van der Waals surface area contributed by atoms with E-state index in [4.69, 9.17) is 5.11 Å². The summed E-state index contributed by atoms with van der Waals surface area (Å²) in [6, 6.07) is 3.56. The second-order valence-electron chi connectivity index (χ2n) is 4.31. The van der Waals surface area contributed by atoms with Crippen LogP contribution in [-0.2, 0) is 14.9 Å². The summed E-state index contributed by atoms with van der Waals surface area (Å²) in [5.74, 6) is -1.73. The summed E-state index contributed by atoms with van der Waals surface area (Å²) in [5.41, 5.74) is -1.02. The molecule has 0 aromatic heterocycles. The Morgan fingerprint density at radius 2 is 2.06 bits per heavy atom. The molecule has 0 fully saturated rings. The molecule has 0 aliphatic rings. The maximum Gasteiger partial charge on any atom is 0.335 e. The Morgan fingerprint density at radius 1 is 1.47 bits per heavy atom. The van der Waals surface area contributed by atoms with Gasteiger partial charge in [-0.3, -0.25) is 0 Å². The standard InChI is InChI=1S/C12H15FO4/c1-12(2,10(15)11(16)17-3)8-5-4-7(14)6-9(8)13/h4-6,10,14-15H,1-3H3. The van der Waals surface area contributed by atoms with Crippen LogP contribution < -0.4 is 0 Å². The van der Waals surface area contributed by atoms with Crippen LogP contribution in [0.15, 0.2) is 18.2 Å². The lowest BCUT2D eigenvalue weighted by Gasteiger charge is -2.29. The summed E-state index contributed by atoms with van der Waals surface area (Å²) in [7, 11) is 1.15. The highest BCUT2D eigenvalue weighted by Gasteiger charge is 2.37. The first-order valence-electron chi connectivity index (χ1n) is 5.05. The number of halogens is 1. The van der Waals surface area contributed by atoms with Gasteiger partial charge in [-0.2, -0.15) is 0 Å². The molecule has 0 bridgehead atoms. The largest absolute Gasteiger partial charge is 0.508 e. The maximum atomic E-state index is 13.7. The molecule has 0 aliphatic carbocycles. The zero-order chi connectivity index (χ0) is 13.2. The number of esters is 1. The minimum Gasteiger partial charge on any atom is -0.508 e. The fourth-order valence-corrected chi connectivity index (χ4v) is 1.58. The molecule has 0 aliphatic heterocycles. The Balaban J connectivity index is 3.16. The van der Waals surface area contributed by atoms with Crippen LogP contribution in [0.3, 0.4) is 0 Å². The molecule has 1 rings (SSSR count). The molecule has 1 unspecified atom stereocenters. The van der Waals surface area contributed by atoms with Crippen molar-refractivity contribution in [2.75, 3.05) is 7.11 Å². The summed E-state index contributed by atoms with van der Waals surface area (Å²) < 4.78 is 18.1. The normalized spacial score (nSPS) is 13.2. The van der Waals surface area contributed by atoms with Crippen LogP contribution >= 0.6 is 0 Å². The number of phenolic OH excluding ortho intramolecular Hbond substituents is 1. The molecule has 1 aromatic rings. The van der Waals surface area contributed by atoms with Crippen molar-refractivity contribution >= 4 is 5.97 Å². The van der Waals surface area contributed by atoms with Crippen LogP contribution in [0.4, 0.5) is 4.39 Å². The zero-order valence-electron chi connectivity index (χ0n) is 9.90. The number of carbonyl (C=O) groups excluding carboxylic acids is 1. The third-order valence-electron chi connectivity index (χ3n) is 2.75. The third-order valence-corrected chi connectivity index (χ3v) is 2.75. The summed E-state index contributed by atoms with van der Waals surface area (Å²) >= 11 is 0. The van der Waals surface area contributed by atoms with Gasteiger partial charge in [0.25, 0.3) is 0 Å². The van der Waals surface area contributed by atoms with E-state index in [-0.39, 0.29) is 11.3 Å². The summed E-state index contributed by atoms with van der Waals surface area (Å²) in [6.45, 7) is 3.04. The molecule has 0 saturated carbocycles. The van der Waals surface area contributed by atoms with Crippen molar-refractivity contribution in [3.8, 4) is 5.75 Å². The Kier molecular flexibility index (Phi) is 3.72. The predicted octanol–water partition coefficient (Wildman–Crippen LogP) is 1.34. The highest BCUT2D eigenvalue weighted by Crippen LogP contribution is 2.31. The average molecular weight is 242 g/mol. The van der Waals surface area contributed by atoms with Crippen LogP contribution in [0.25, 0.3) is 0 Å². The fraction of sp³-hybridized carbons (Fsp3) is 0.417. The number of aliphatic hydroxyl groups is 1. The number of benzene rings is 1. The smallest absolute Gasteiger partial charge is 0.335 e. The molecule has 94 valence electrons. The minimum absolute atomic E-state index is 0.133. The molecule has 0 heterocycles. The second-order valence-corrected chi connectivity index (χ2v) is 4.31. The number of methoxy groups -OCH3 is 1. The Bertz CT molecular complexity index is 429. The molecular weight excluding hydrogens is 227 g/mol. The van der Waals surface area contributed by atoms with Gasteiger partial charge in [-0.1, -0.05) is 19.9 Å². The first-order chi connectivity index (χ1) is 7.80. The van der Waals surface area contributed by atoms with Crippen molar-refractivity contribution in [1.29, 1.82) is 0 Å². The number of rotatable bonds is 3. The highest BCUT2D eigenvalue weighted by molar-refractivity contribution is 5.76. The lowest BCUT2D eigenvalue weighted by atomic mass is 9.79. The first kappa shape index (κ1) is 13.4. The molecule has 5 heteroatoms. The SMILES string of the molecule is COC(=O)C(O)C(C)(C)c1ccc(O)cc1F. The molecule has 0 radical (unpaired) electrons. The van der Waals surface area contributed by atoms with Gasteiger partial charge in [0.05, 0.1) is 7.11 Å². The van der Waals surface area contributed by atoms with Crippen molar-refractivity contribution in [1.82, 2.24) is 0 Å². The molecule has 0 saturated heterocycles. The quantitative estimate of drug-likeness (QED) is 0.785. The molecule has 2 N–H and O–H groups in total. The van der Waals surface area contributed by atoms with Crippen LogP contribution in [0, 0.1) is 5.82 Å². The van der Waals surface area contributed by atoms with Gasteiger partial charge >= 0.3 is 5.97 Å². The van der Waals surface area contributed by atoms with Crippen LogP contribution in [0.5, 0.6) is 5.75 Å². The van der Waals surface area contributed by atoms with Gasteiger partial charge in [0.2, 0.25) is 0 Å². The molecule has 17 heavy (non-hydrogen) atoms. The molecule has 1 aromatic carbocycles. The first-order valence-corrected chi connectivity index (χ1v) is 5.05. The number of carbonyl (C=O) groups is 1. The average Bonchev–Trinajstić information content (AvgIpc) is 2.26. The number of hydrogen-bond acceptors (Lipinski definition) is 4. The number of ether oxygens (including phenoxy) is 1. The van der Waals surface area contributed by atoms with Crippen LogP contribution in [0.2, 0.25) is 0 Å². The molecule has 0 spiro atoms. The monoisotopic (exact) mass is 242 g/mol. The Labute approximate surface area is 98.7 Å². The number of aliphatic hydroxyl groups excluding tert-OH is 1. The fourth-order valence-electron chi connectivity index (χ4n) is 1.58. The van der Waals surface area contributed by atoms with Crippen molar-refractivity contribution in [3.63, 3.8) is 0 Å². The van der Waals surface area contributed by atoms with Gasteiger partial charge in [-0.25, -0.2) is 9.18 Å². The van der Waals surface area contributed by atoms with Gasteiger partial charge in [-0.05, 0) is 11.6 Å². The van der Waals surface area contributed by atoms with E-state index in [0.717, 1.165) is 13.2 Å². The summed E-state index contributed by atoms with van der Waals surface area (Å²) in [6.07, 6.45) is -1.48. The van der Waals surface area contributed by atoms with Gasteiger partial charge in [0, 0.05) is 11.5 Å². The summed E-state index contributed by atoms with van der Waals surface area (Å²) in [5, 5.41) is 18.9. The molecule has 4 nitrogen and oxygen atoms in total. The van der Waals surface area contributed by atoms with Gasteiger partial charge in [0.15, 0.2) is 6.10 Å². The Hall–Kier alpha value is -1.62. The van der Waals surface area contributed by atoms with Crippen molar-refractivity contribution in [2.45, 2.75) is 25.4 Å². The second kappa shape index (κ2) is 4.71. The van der Waals surface area contributed by atoms with E-state index in [1.54, 1.807) is 0 Å². The van der Waals surface area contributed by atoms with Gasteiger partial charge < -0.3 is 14.9 Å². The van der Waals surface area contributed by atoms with E-state index in [2.05, 4.69) is 4.74 Å². The van der Waals surface area contributed by atoms with E-state index in [9.17, 15) is 14.3 Å². The van der Waals surface area contributed by atoms with E-state index in [1.807, 2.05) is 0 Å². The Morgan fingerprint density at radius 3 is 2.53 bits per heavy atom. The number of aromatic hydroxyl groups is 1. The minimum atomic E-state index is -1.48. The molecule has 0 amide bonds. The number of phenols is 1. The van der Waals surface area contributed by atoms with Crippen LogP contribution in [-0.4, -0.2) is 29.4 Å². The van der Waals surface area contributed by atoms with Crippen molar-refractivity contribution in [3.05, 3.63) is 29.6 Å². The summed E-state index contributed by atoms with van der Waals surface area (Å²) in [4.78, 5) is 11.3. The van der Waals surface area contributed by atoms with Gasteiger partial charge in [0.1, 0.15) is 11.6 Å². The predicted molar refractivity (Wildman–Crippen MR) is 59.1 cm³/mol. The topological polar surface area (TPSA) is 66.8 Å². The van der Waals surface area contributed by atoms with E-state index < -0.39 is 23.3 Å². The maximum absolute atomic E-state index is 13.7.